The van der Waals surface area contributed by atoms with Crippen molar-refractivity contribution in [3.05, 3.63) is 24.0 Å². The monoisotopic (exact) mass is 195 g/mol. The minimum absolute atomic E-state index is 0.282. The van der Waals surface area contributed by atoms with Gasteiger partial charge in [-0.1, -0.05) is 0 Å². The summed E-state index contributed by atoms with van der Waals surface area (Å²) in [5, 5.41) is 8.93. The number of aromatic nitrogens is 1. The lowest BCUT2D eigenvalue weighted by atomic mass is 10.1. The van der Waals surface area contributed by atoms with Crippen LogP contribution >= 0.6 is 0 Å². The first kappa shape index (κ1) is 9.27. The van der Waals surface area contributed by atoms with E-state index in [1.807, 2.05) is 10.8 Å². The number of hydrogen-bond acceptors (Lipinski definition) is 2. The molecule has 14 heavy (non-hydrogen) atoms. The minimum atomic E-state index is -0.860. The molecule has 1 saturated heterocycles. The molecule has 1 aromatic heterocycles. The summed E-state index contributed by atoms with van der Waals surface area (Å²) in [5.41, 5.74) is 0.372. The van der Waals surface area contributed by atoms with Gasteiger partial charge in [0.15, 0.2) is 0 Å². The maximum atomic E-state index is 10.9. The van der Waals surface area contributed by atoms with Crippen molar-refractivity contribution >= 4 is 5.97 Å². The topological polar surface area (TPSA) is 51.5 Å². The number of carboxylic acid groups (broad SMARTS) is 1. The molecule has 0 saturated carbocycles. The number of nitrogens with zero attached hydrogens (tertiary/aromatic N) is 1. The fourth-order valence-corrected chi connectivity index (χ4v) is 1.86. The molecule has 76 valence electrons. The maximum Gasteiger partial charge on any atom is 0.352 e. The standard InChI is InChI=1S/C10H13NO3/c12-10(13)9-2-1-5-11(9)8-3-6-14-7-4-8/h1-2,5,8H,3-4,6-7H2,(H,12,13). The van der Waals surface area contributed by atoms with Crippen LogP contribution in [0.1, 0.15) is 29.4 Å². The molecule has 0 spiro atoms. The Labute approximate surface area is 82.1 Å². The van der Waals surface area contributed by atoms with Crippen LogP contribution in [-0.4, -0.2) is 28.9 Å². The van der Waals surface area contributed by atoms with Gasteiger partial charge in [-0.25, -0.2) is 4.79 Å². The Morgan fingerprint density at radius 2 is 2.21 bits per heavy atom. The van der Waals surface area contributed by atoms with E-state index in [4.69, 9.17) is 9.84 Å². The van der Waals surface area contributed by atoms with Crippen LogP contribution in [0.2, 0.25) is 0 Å². The van der Waals surface area contributed by atoms with Crippen molar-refractivity contribution in [1.29, 1.82) is 0 Å². The zero-order chi connectivity index (χ0) is 9.97. The van der Waals surface area contributed by atoms with Crippen LogP contribution in [0.15, 0.2) is 18.3 Å². The van der Waals surface area contributed by atoms with E-state index in [0.717, 1.165) is 26.1 Å². The summed E-state index contributed by atoms with van der Waals surface area (Å²) in [7, 11) is 0. The van der Waals surface area contributed by atoms with Gasteiger partial charge >= 0.3 is 5.97 Å². The molecule has 1 aliphatic heterocycles. The molecular formula is C10H13NO3. The summed E-state index contributed by atoms with van der Waals surface area (Å²) in [5.74, 6) is -0.860. The van der Waals surface area contributed by atoms with E-state index in [0.29, 0.717) is 5.69 Å². The Kier molecular flexibility index (Phi) is 2.54. The summed E-state index contributed by atoms with van der Waals surface area (Å²) in [4.78, 5) is 10.9. The Bertz CT molecular complexity index is 326. The van der Waals surface area contributed by atoms with Crippen molar-refractivity contribution < 1.29 is 14.6 Å². The van der Waals surface area contributed by atoms with Gasteiger partial charge < -0.3 is 14.4 Å². The third-order valence-corrected chi connectivity index (χ3v) is 2.58. The van der Waals surface area contributed by atoms with Crippen LogP contribution in [0.25, 0.3) is 0 Å². The zero-order valence-electron chi connectivity index (χ0n) is 7.85. The molecule has 0 amide bonds. The second-order valence-electron chi connectivity index (χ2n) is 3.45. The van der Waals surface area contributed by atoms with Crippen LogP contribution in [-0.2, 0) is 4.74 Å². The lowest BCUT2D eigenvalue weighted by Crippen LogP contribution is -2.21. The quantitative estimate of drug-likeness (QED) is 0.778. The van der Waals surface area contributed by atoms with Crippen molar-refractivity contribution in [3.8, 4) is 0 Å². The molecule has 0 unspecified atom stereocenters. The smallest absolute Gasteiger partial charge is 0.352 e. The summed E-state index contributed by atoms with van der Waals surface area (Å²) in [6.45, 7) is 1.45. The summed E-state index contributed by atoms with van der Waals surface area (Å²) in [6.07, 6.45) is 3.63. The lowest BCUT2D eigenvalue weighted by Gasteiger charge is -2.24. The lowest BCUT2D eigenvalue weighted by molar-refractivity contribution is 0.0609. The normalized spacial score (nSPS) is 18.3. The van der Waals surface area contributed by atoms with E-state index in [-0.39, 0.29) is 6.04 Å². The number of carbonyl (C=O) groups is 1. The fraction of sp³-hybridized carbons (Fsp3) is 0.500. The van der Waals surface area contributed by atoms with E-state index in [2.05, 4.69) is 0 Å². The van der Waals surface area contributed by atoms with Crippen molar-refractivity contribution in [2.45, 2.75) is 18.9 Å². The van der Waals surface area contributed by atoms with Crippen molar-refractivity contribution in [1.82, 2.24) is 4.57 Å². The van der Waals surface area contributed by atoms with Crippen LogP contribution in [0.5, 0.6) is 0 Å². The Hall–Kier alpha value is -1.29. The molecule has 0 bridgehead atoms. The maximum absolute atomic E-state index is 10.9. The van der Waals surface area contributed by atoms with Crippen LogP contribution < -0.4 is 0 Å². The average molecular weight is 195 g/mol. The predicted molar refractivity (Wildman–Crippen MR) is 50.5 cm³/mol. The first-order chi connectivity index (χ1) is 6.79. The second kappa shape index (κ2) is 3.84. The number of hydrogen-bond donors (Lipinski definition) is 1. The largest absolute Gasteiger partial charge is 0.477 e. The molecule has 4 nitrogen and oxygen atoms in total. The number of ether oxygens (including phenoxy) is 1. The highest BCUT2D eigenvalue weighted by molar-refractivity contribution is 5.85. The molecule has 0 aliphatic carbocycles. The van der Waals surface area contributed by atoms with E-state index in [1.54, 1.807) is 12.1 Å². The molecule has 2 rings (SSSR count). The first-order valence-electron chi connectivity index (χ1n) is 4.77. The molecule has 1 aliphatic rings. The van der Waals surface area contributed by atoms with Gasteiger partial charge in [-0.15, -0.1) is 0 Å². The van der Waals surface area contributed by atoms with Gasteiger partial charge in [-0.05, 0) is 25.0 Å². The Balaban J connectivity index is 2.21. The predicted octanol–water partition coefficient (Wildman–Crippen LogP) is 1.54. The molecule has 1 fully saturated rings. The molecule has 0 aromatic carbocycles. The van der Waals surface area contributed by atoms with Crippen LogP contribution in [0.3, 0.4) is 0 Å². The third kappa shape index (κ3) is 1.65. The highest BCUT2D eigenvalue weighted by Crippen LogP contribution is 2.22. The van der Waals surface area contributed by atoms with Gasteiger partial charge in [-0.3, -0.25) is 0 Å². The van der Waals surface area contributed by atoms with Gasteiger partial charge in [0, 0.05) is 25.5 Å². The zero-order valence-corrected chi connectivity index (χ0v) is 7.85. The van der Waals surface area contributed by atoms with Gasteiger partial charge in [-0.2, -0.15) is 0 Å². The van der Waals surface area contributed by atoms with Crippen molar-refractivity contribution in [2.75, 3.05) is 13.2 Å². The molecule has 0 radical (unpaired) electrons. The van der Waals surface area contributed by atoms with Crippen molar-refractivity contribution in [3.63, 3.8) is 0 Å². The SMILES string of the molecule is O=C(O)c1cccn1C1CCOCC1. The summed E-state index contributed by atoms with van der Waals surface area (Å²) >= 11 is 0. The Morgan fingerprint density at radius 1 is 1.50 bits per heavy atom. The highest BCUT2D eigenvalue weighted by atomic mass is 16.5. The fourth-order valence-electron chi connectivity index (χ4n) is 1.86. The second-order valence-corrected chi connectivity index (χ2v) is 3.45. The Morgan fingerprint density at radius 3 is 2.86 bits per heavy atom. The molecule has 2 heterocycles. The first-order valence-corrected chi connectivity index (χ1v) is 4.77. The minimum Gasteiger partial charge on any atom is -0.477 e. The van der Waals surface area contributed by atoms with Gasteiger partial charge in [0.1, 0.15) is 5.69 Å². The molecular weight excluding hydrogens is 182 g/mol. The number of aromatic carboxylic acids is 1. The van der Waals surface area contributed by atoms with E-state index in [1.165, 1.54) is 0 Å². The highest BCUT2D eigenvalue weighted by Gasteiger charge is 2.19. The number of rotatable bonds is 2. The van der Waals surface area contributed by atoms with Crippen LogP contribution in [0.4, 0.5) is 0 Å². The molecule has 1 N–H and O–H groups in total. The van der Waals surface area contributed by atoms with Gasteiger partial charge in [0.2, 0.25) is 0 Å². The van der Waals surface area contributed by atoms with Gasteiger partial charge in [0.05, 0.1) is 0 Å². The number of carboxylic acids is 1. The molecule has 4 heteroatoms. The van der Waals surface area contributed by atoms with E-state index in [9.17, 15) is 4.79 Å². The van der Waals surface area contributed by atoms with Crippen LogP contribution in [0, 0.1) is 0 Å². The summed E-state index contributed by atoms with van der Waals surface area (Å²) < 4.78 is 7.08. The summed E-state index contributed by atoms with van der Waals surface area (Å²) in [6, 6.07) is 3.70. The van der Waals surface area contributed by atoms with Crippen molar-refractivity contribution in [2.24, 2.45) is 0 Å². The molecule has 0 atom stereocenters. The van der Waals surface area contributed by atoms with E-state index >= 15 is 0 Å². The molecule has 1 aromatic rings. The average Bonchev–Trinajstić information content (AvgIpc) is 2.67. The van der Waals surface area contributed by atoms with E-state index < -0.39 is 5.97 Å². The van der Waals surface area contributed by atoms with Gasteiger partial charge in [0.25, 0.3) is 0 Å². The third-order valence-electron chi connectivity index (χ3n) is 2.58.